The highest BCUT2D eigenvalue weighted by Crippen LogP contribution is 2.36. The van der Waals surface area contributed by atoms with Gasteiger partial charge in [-0.05, 0) is 41.1 Å². The molecule has 0 saturated heterocycles. The van der Waals surface area contributed by atoms with E-state index in [1.54, 1.807) is 0 Å². The zero-order valence-electron chi connectivity index (χ0n) is 9.98. The van der Waals surface area contributed by atoms with Crippen molar-refractivity contribution in [3.63, 3.8) is 0 Å². The predicted molar refractivity (Wildman–Crippen MR) is 67.7 cm³/mol. The van der Waals surface area contributed by atoms with Crippen LogP contribution in [0.2, 0.25) is 0 Å². The molecule has 0 aliphatic heterocycles. The van der Waals surface area contributed by atoms with Crippen molar-refractivity contribution in [1.29, 1.82) is 0 Å². The van der Waals surface area contributed by atoms with Gasteiger partial charge in [0.2, 0.25) is 0 Å². The minimum Gasteiger partial charge on any atom is -0.306 e. The van der Waals surface area contributed by atoms with Gasteiger partial charge < -0.3 is 4.98 Å². The number of H-pyrrole nitrogens is 1. The van der Waals surface area contributed by atoms with Crippen molar-refractivity contribution in [2.24, 2.45) is 0 Å². The summed E-state index contributed by atoms with van der Waals surface area (Å²) in [5.41, 5.74) is -2.00. The smallest absolute Gasteiger partial charge is 0.306 e. The van der Waals surface area contributed by atoms with E-state index in [9.17, 15) is 22.4 Å². The topological polar surface area (TPSA) is 45.8 Å². The fourth-order valence-electron chi connectivity index (χ4n) is 1.66. The van der Waals surface area contributed by atoms with Gasteiger partial charge in [-0.25, -0.2) is 9.37 Å². The molecule has 3 nitrogen and oxygen atoms in total. The van der Waals surface area contributed by atoms with Crippen LogP contribution < -0.4 is 5.56 Å². The monoisotopic (exact) mass is 350 g/mol. The SMILES string of the molecule is Cc1nc(-c2cc(F)ccc2C(F)(F)F)[nH]c(=O)c1Br. The first kappa shape index (κ1) is 14.7. The van der Waals surface area contributed by atoms with E-state index in [1.165, 1.54) is 6.92 Å². The van der Waals surface area contributed by atoms with Gasteiger partial charge in [-0.2, -0.15) is 13.2 Å². The molecule has 20 heavy (non-hydrogen) atoms. The van der Waals surface area contributed by atoms with Gasteiger partial charge in [-0.15, -0.1) is 0 Å². The van der Waals surface area contributed by atoms with E-state index in [0.29, 0.717) is 18.2 Å². The first-order chi connectivity index (χ1) is 9.20. The number of aryl methyl sites for hydroxylation is 1. The Morgan fingerprint density at radius 3 is 2.50 bits per heavy atom. The van der Waals surface area contributed by atoms with E-state index < -0.39 is 28.7 Å². The van der Waals surface area contributed by atoms with Crippen molar-refractivity contribution in [2.45, 2.75) is 13.1 Å². The Morgan fingerprint density at radius 2 is 1.95 bits per heavy atom. The number of hydrogen-bond donors (Lipinski definition) is 1. The highest BCUT2D eigenvalue weighted by atomic mass is 79.9. The minimum absolute atomic E-state index is 0.117. The van der Waals surface area contributed by atoms with E-state index in [4.69, 9.17) is 0 Å². The molecule has 0 aliphatic rings. The summed E-state index contributed by atoms with van der Waals surface area (Å²) in [6.45, 7) is 1.45. The van der Waals surface area contributed by atoms with Crippen molar-refractivity contribution in [1.82, 2.24) is 9.97 Å². The number of aromatic amines is 1. The molecule has 0 unspecified atom stereocenters. The summed E-state index contributed by atoms with van der Waals surface area (Å²) < 4.78 is 52.0. The van der Waals surface area contributed by atoms with Crippen molar-refractivity contribution in [3.05, 3.63) is 50.1 Å². The van der Waals surface area contributed by atoms with Gasteiger partial charge in [0.1, 0.15) is 16.1 Å². The molecule has 0 bridgehead atoms. The van der Waals surface area contributed by atoms with Gasteiger partial charge >= 0.3 is 6.18 Å². The molecule has 106 valence electrons. The number of benzene rings is 1. The molecule has 0 saturated carbocycles. The summed E-state index contributed by atoms with van der Waals surface area (Å²) in [5.74, 6) is -1.18. The van der Waals surface area contributed by atoms with Crippen molar-refractivity contribution in [3.8, 4) is 11.4 Å². The van der Waals surface area contributed by atoms with Gasteiger partial charge in [0, 0.05) is 5.56 Å². The lowest BCUT2D eigenvalue weighted by Crippen LogP contribution is -2.14. The average Bonchev–Trinajstić information content (AvgIpc) is 2.33. The van der Waals surface area contributed by atoms with Crippen LogP contribution in [0, 0.1) is 12.7 Å². The summed E-state index contributed by atoms with van der Waals surface area (Å²) in [7, 11) is 0. The fourth-order valence-corrected chi connectivity index (χ4v) is 1.85. The van der Waals surface area contributed by atoms with E-state index in [1.807, 2.05) is 0 Å². The van der Waals surface area contributed by atoms with Gasteiger partial charge in [-0.3, -0.25) is 4.79 Å². The molecule has 1 N–H and O–H groups in total. The number of rotatable bonds is 1. The largest absolute Gasteiger partial charge is 0.417 e. The predicted octanol–water partition coefficient (Wildman–Crippen LogP) is 3.67. The Labute approximate surface area is 118 Å². The Balaban J connectivity index is 2.75. The third-order valence-corrected chi connectivity index (χ3v) is 3.50. The van der Waals surface area contributed by atoms with Gasteiger partial charge in [0.05, 0.1) is 11.3 Å². The Kier molecular flexibility index (Phi) is 3.68. The minimum atomic E-state index is -4.68. The molecule has 0 fully saturated rings. The number of nitrogens with zero attached hydrogens (tertiary/aromatic N) is 1. The maximum atomic E-state index is 13.2. The van der Waals surface area contributed by atoms with Crippen LogP contribution in [0.4, 0.5) is 17.6 Å². The molecule has 1 aromatic heterocycles. The number of halogens is 5. The second-order valence-corrected chi connectivity index (χ2v) is 4.79. The molecule has 0 amide bonds. The molecule has 1 heterocycles. The lowest BCUT2D eigenvalue weighted by atomic mass is 10.1. The molecular weight excluding hydrogens is 344 g/mol. The number of alkyl halides is 3. The third-order valence-electron chi connectivity index (χ3n) is 2.57. The molecule has 8 heteroatoms. The summed E-state index contributed by atoms with van der Waals surface area (Å²) in [6, 6.07) is 2.01. The van der Waals surface area contributed by atoms with Gasteiger partial charge in [0.15, 0.2) is 0 Å². The van der Waals surface area contributed by atoms with E-state index in [-0.39, 0.29) is 16.0 Å². The molecule has 0 spiro atoms. The quantitative estimate of drug-likeness (QED) is 0.797. The third kappa shape index (κ3) is 2.74. The van der Waals surface area contributed by atoms with Crippen LogP contribution in [0.3, 0.4) is 0 Å². The summed E-state index contributed by atoms with van der Waals surface area (Å²) in [4.78, 5) is 17.6. The molecular formula is C12H7BrF4N2O. The fraction of sp³-hybridized carbons (Fsp3) is 0.167. The zero-order chi connectivity index (χ0) is 15.1. The highest BCUT2D eigenvalue weighted by Gasteiger charge is 2.34. The molecule has 0 radical (unpaired) electrons. The normalized spacial score (nSPS) is 11.7. The lowest BCUT2D eigenvalue weighted by Gasteiger charge is -2.12. The maximum absolute atomic E-state index is 13.2. The molecule has 1 aromatic carbocycles. The van der Waals surface area contributed by atoms with E-state index in [0.717, 1.165) is 0 Å². The Morgan fingerprint density at radius 1 is 1.30 bits per heavy atom. The van der Waals surface area contributed by atoms with Crippen LogP contribution in [0.25, 0.3) is 11.4 Å². The molecule has 0 atom stereocenters. The van der Waals surface area contributed by atoms with Crippen LogP contribution in [-0.2, 0) is 6.18 Å². The first-order valence-electron chi connectivity index (χ1n) is 5.33. The van der Waals surface area contributed by atoms with E-state index in [2.05, 4.69) is 25.9 Å². The molecule has 0 aliphatic carbocycles. The van der Waals surface area contributed by atoms with Crippen molar-refractivity contribution in [2.75, 3.05) is 0 Å². The van der Waals surface area contributed by atoms with E-state index >= 15 is 0 Å². The summed E-state index contributed by atoms with van der Waals surface area (Å²) >= 11 is 2.96. The molecule has 2 aromatic rings. The standard InChI is InChI=1S/C12H7BrF4N2O/c1-5-9(13)11(20)19-10(18-5)7-4-6(14)2-3-8(7)12(15,16)17/h2-4H,1H3,(H,18,19,20). The number of hydrogen-bond acceptors (Lipinski definition) is 2. The lowest BCUT2D eigenvalue weighted by molar-refractivity contribution is -0.137. The van der Waals surface area contributed by atoms with Crippen LogP contribution in [0.15, 0.2) is 27.5 Å². The van der Waals surface area contributed by atoms with Crippen molar-refractivity contribution >= 4 is 15.9 Å². The summed E-state index contributed by atoms with van der Waals surface area (Å²) in [5, 5.41) is 0. The average molecular weight is 351 g/mol. The number of aromatic nitrogens is 2. The van der Waals surface area contributed by atoms with Crippen LogP contribution >= 0.6 is 15.9 Å². The maximum Gasteiger partial charge on any atom is 0.417 e. The second-order valence-electron chi connectivity index (χ2n) is 4.00. The molecule has 2 rings (SSSR count). The Hall–Kier alpha value is -1.70. The van der Waals surface area contributed by atoms with Gasteiger partial charge in [-0.1, -0.05) is 0 Å². The second kappa shape index (κ2) is 5.01. The summed E-state index contributed by atoms with van der Waals surface area (Å²) in [6.07, 6.45) is -4.68. The van der Waals surface area contributed by atoms with Crippen LogP contribution in [0.5, 0.6) is 0 Å². The Bertz CT molecular complexity index is 724. The van der Waals surface area contributed by atoms with Crippen LogP contribution in [0.1, 0.15) is 11.3 Å². The number of nitrogens with one attached hydrogen (secondary N) is 1. The van der Waals surface area contributed by atoms with Crippen molar-refractivity contribution < 1.29 is 17.6 Å². The van der Waals surface area contributed by atoms with Crippen LogP contribution in [-0.4, -0.2) is 9.97 Å². The highest BCUT2D eigenvalue weighted by molar-refractivity contribution is 9.10. The van der Waals surface area contributed by atoms with Gasteiger partial charge in [0.25, 0.3) is 5.56 Å². The first-order valence-corrected chi connectivity index (χ1v) is 6.13. The zero-order valence-corrected chi connectivity index (χ0v) is 11.6.